The van der Waals surface area contributed by atoms with Crippen LogP contribution in [0.4, 0.5) is 0 Å². The van der Waals surface area contributed by atoms with Crippen LogP contribution in [-0.4, -0.2) is 16.2 Å². The number of aromatic nitrogens is 1. The largest absolute Gasteiger partial charge is 0.423 e. The van der Waals surface area contributed by atoms with Crippen molar-refractivity contribution in [1.82, 2.24) is 4.98 Å². The number of halogens is 1. The maximum Gasteiger partial charge on any atom is 0.344 e. The lowest BCUT2D eigenvalue weighted by molar-refractivity contribution is 0.0731. The number of nitrogens with zero attached hydrogens (tertiary/aromatic N) is 1. The SMILES string of the molecule is O=C(Cl)c1cnccc1C(=O)Oc1ccccc1. The second-order valence-corrected chi connectivity index (χ2v) is 3.74. The van der Waals surface area contributed by atoms with Gasteiger partial charge in [-0.1, -0.05) is 18.2 Å². The van der Waals surface area contributed by atoms with E-state index in [1.807, 2.05) is 0 Å². The fraction of sp³-hybridized carbons (Fsp3) is 0. The summed E-state index contributed by atoms with van der Waals surface area (Å²) in [6, 6.07) is 9.95. The van der Waals surface area contributed by atoms with E-state index in [2.05, 4.69) is 4.98 Å². The van der Waals surface area contributed by atoms with Gasteiger partial charge in [-0.15, -0.1) is 0 Å². The van der Waals surface area contributed by atoms with Crippen LogP contribution in [0.3, 0.4) is 0 Å². The van der Waals surface area contributed by atoms with Crippen molar-refractivity contribution in [3.8, 4) is 5.75 Å². The number of hydrogen-bond donors (Lipinski definition) is 0. The van der Waals surface area contributed by atoms with Crippen molar-refractivity contribution >= 4 is 22.8 Å². The van der Waals surface area contributed by atoms with Gasteiger partial charge >= 0.3 is 5.97 Å². The summed E-state index contributed by atoms with van der Waals surface area (Å²) >= 11 is 5.37. The lowest BCUT2D eigenvalue weighted by atomic mass is 10.1. The van der Waals surface area contributed by atoms with Gasteiger partial charge in [0, 0.05) is 12.4 Å². The highest BCUT2D eigenvalue weighted by Gasteiger charge is 2.17. The zero-order chi connectivity index (χ0) is 13.0. The predicted molar refractivity (Wildman–Crippen MR) is 65.8 cm³/mol. The van der Waals surface area contributed by atoms with Crippen LogP contribution in [0.1, 0.15) is 20.7 Å². The maximum atomic E-state index is 11.9. The standard InChI is InChI=1S/C13H8ClNO3/c14-12(16)11-8-15-7-6-10(11)13(17)18-9-4-2-1-3-5-9/h1-8H. The molecule has 0 saturated carbocycles. The minimum Gasteiger partial charge on any atom is -0.423 e. The van der Waals surface area contributed by atoms with E-state index in [1.54, 1.807) is 30.3 Å². The van der Waals surface area contributed by atoms with Gasteiger partial charge in [0.2, 0.25) is 0 Å². The van der Waals surface area contributed by atoms with Crippen molar-refractivity contribution in [3.05, 3.63) is 59.9 Å². The summed E-state index contributed by atoms with van der Waals surface area (Å²) in [5.41, 5.74) is 0.119. The van der Waals surface area contributed by atoms with E-state index in [0.717, 1.165) is 0 Å². The van der Waals surface area contributed by atoms with Crippen LogP contribution in [0.5, 0.6) is 5.75 Å². The van der Waals surface area contributed by atoms with E-state index in [9.17, 15) is 9.59 Å². The molecule has 90 valence electrons. The molecule has 0 atom stereocenters. The molecule has 0 aliphatic carbocycles. The van der Waals surface area contributed by atoms with Gasteiger partial charge in [-0.3, -0.25) is 9.78 Å². The molecule has 0 aliphatic heterocycles. The van der Waals surface area contributed by atoms with E-state index >= 15 is 0 Å². The highest BCUT2D eigenvalue weighted by molar-refractivity contribution is 6.68. The van der Waals surface area contributed by atoms with Crippen molar-refractivity contribution in [1.29, 1.82) is 0 Å². The van der Waals surface area contributed by atoms with Gasteiger partial charge in [-0.25, -0.2) is 4.79 Å². The van der Waals surface area contributed by atoms with Gasteiger partial charge in [0.25, 0.3) is 5.24 Å². The van der Waals surface area contributed by atoms with Crippen molar-refractivity contribution in [2.45, 2.75) is 0 Å². The summed E-state index contributed by atoms with van der Waals surface area (Å²) in [4.78, 5) is 26.8. The number of rotatable bonds is 3. The van der Waals surface area contributed by atoms with Crippen LogP contribution in [-0.2, 0) is 0 Å². The normalized spacial score (nSPS) is 9.83. The second kappa shape index (κ2) is 5.42. The Bertz CT molecular complexity index is 584. The third kappa shape index (κ3) is 2.73. The smallest absolute Gasteiger partial charge is 0.344 e. The van der Waals surface area contributed by atoms with Crippen LogP contribution < -0.4 is 4.74 Å². The minimum absolute atomic E-state index is 0.0279. The zero-order valence-electron chi connectivity index (χ0n) is 9.17. The molecule has 0 spiro atoms. The molecule has 5 heteroatoms. The Morgan fingerprint density at radius 1 is 1.06 bits per heavy atom. The molecule has 1 aromatic heterocycles. The molecular formula is C13H8ClNO3. The molecule has 18 heavy (non-hydrogen) atoms. The van der Waals surface area contributed by atoms with Crippen LogP contribution in [0.15, 0.2) is 48.8 Å². The Kier molecular flexibility index (Phi) is 3.69. The highest BCUT2D eigenvalue weighted by atomic mass is 35.5. The van der Waals surface area contributed by atoms with Gasteiger partial charge in [-0.05, 0) is 29.8 Å². The first-order valence-electron chi connectivity index (χ1n) is 5.09. The van der Waals surface area contributed by atoms with Crippen molar-refractivity contribution in [3.63, 3.8) is 0 Å². The van der Waals surface area contributed by atoms with Crippen molar-refractivity contribution in [2.75, 3.05) is 0 Å². The average molecular weight is 262 g/mol. The molecule has 0 saturated heterocycles. The number of para-hydroxylation sites is 1. The first kappa shape index (κ1) is 12.3. The molecule has 0 amide bonds. The van der Waals surface area contributed by atoms with E-state index in [1.165, 1.54) is 18.5 Å². The molecule has 1 heterocycles. The van der Waals surface area contributed by atoms with Gasteiger partial charge in [-0.2, -0.15) is 0 Å². The fourth-order valence-corrected chi connectivity index (χ4v) is 1.53. The first-order chi connectivity index (χ1) is 8.68. The van der Waals surface area contributed by atoms with E-state index in [0.29, 0.717) is 5.75 Å². The van der Waals surface area contributed by atoms with Gasteiger partial charge < -0.3 is 4.74 Å². The quantitative estimate of drug-likeness (QED) is 0.484. The second-order valence-electron chi connectivity index (χ2n) is 3.40. The van der Waals surface area contributed by atoms with E-state index in [-0.39, 0.29) is 11.1 Å². The summed E-state index contributed by atoms with van der Waals surface area (Å²) in [5.74, 6) is -0.250. The van der Waals surface area contributed by atoms with Crippen molar-refractivity contribution < 1.29 is 14.3 Å². The molecule has 0 bridgehead atoms. The van der Waals surface area contributed by atoms with E-state index in [4.69, 9.17) is 16.3 Å². The molecule has 0 aliphatic rings. The van der Waals surface area contributed by atoms with Gasteiger partial charge in [0.05, 0.1) is 11.1 Å². The number of benzene rings is 1. The summed E-state index contributed by atoms with van der Waals surface area (Å²) in [6.07, 6.45) is 2.63. The van der Waals surface area contributed by atoms with Gasteiger partial charge in [0.15, 0.2) is 0 Å². The molecule has 0 radical (unpaired) electrons. The van der Waals surface area contributed by atoms with Gasteiger partial charge in [0.1, 0.15) is 5.75 Å². The lowest BCUT2D eigenvalue weighted by Crippen LogP contribution is -2.12. The average Bonchev–Trinajstić information content (AvgIpc) is 2.40. The van der Waals surface area contributed by atoms with E-state index < -0.39 is 11.2 Å². The third-order valence-corrected chi connectivity index (χ3v) is 2.41. The Labute approximate surface area is 108 Å². The number of esters is 1. The maximum absolute atomic E-state index is 11.9. The molecule has 0 N–H and O–H groups in total. The molecule has 4 nitrogen and oxygen atoms in total. The van der Waals surface area contributed by atoms with Crippen LogP contribution in [0, 0.1) is 0 Å². The number of pyridine rings is 1. The molecule has 1 aromatic carbocycles. The Morgan fingerprint density at radius 3 is 2.44 bits per heavy atom. The molecule has 2 aromatic rings. The number of hydrogen-bond acceptors (Lipinski definition) is 4. The highest BCUT2D eigenvalue weighted by Crippen LogP contribution is 2.15. The third-order valence-electron chi connectivity index (χ3n) is 2.21. The summed E-state index contributed by atoms with van der Waals surface area (Å²) in [6.45, 7) is 0. The van der Waals surface area contributed by atoms with Crippen LogP contribution >= 0.6 is 11.6 Å². The molecule has 0 unspecified atom stereocenters. The van der Waals surface area contributed by atoms with Crippen LogP contribution in [0.25, 0.3) is 0 Å². The molecule has 2 rings (SSSR count). The molecule has 0 fully saturated rings. The lowest BCUT2D eigenvalue weighted by Gasteiger charge is -2.05. The number of carbonyl (C=O) groups excluding carboxylic acids is 2. The minimum atomic E-state index is -0.747. The Balaban J connectivity index is 2.27. The Morgan fingerprint density at radius 2 is 1.78 bits per heavy atom. The monoisotopic (exact) mass is 261 g/mol. The topological polar surface area (TPSA) is 56.3 Å². The summed E-state index contributed by atoms with van der Waals surface area (Å²) < 4.78 is 5.11. The predicted octanol–water partition coefficient (Wildman–Crippen LogP) is 2.68. The first-order valence-corrected chi connectivity index (χ1v) is 5.47. The Hall–Kier alpha value is -2.20. The van der Waals surface area contributed by atoms with Crippen LogP contribution in [0.2, 0.25) is 0 Å². The van der Waals surface area contributed by atoms with Crippen molar-refractivity contribution in [2.24, 2.45) is 0 Å². The number of carbonyl (C=O) groups is 2. The number of ether oxygens (including phenoxy) is 1. The fourth-order valence-electron chi connectivity index (χ4n) is 1.38. The zero-order valence-corrected chi connectivity index (χ0v) is 9.92. The summed E-state index contributed by atoms with van der Waals surface area (Å²) in [7, 11) is 0. The molecular weight excluding hydrogens is 254 g/mol. The summed E-state index contributed by atoms with van der Waals surface area (Å²) in [5, 5.41) is -0.747.